The van der Waals surface area contributed by atoms with Crippen LogP contribution in [0.1, 0.15) is 43.2 Å². The van der Waals surface area contributed by atoms with Crippen LogP contribution < -0.4 is 20.1 Å². The zero-order chi connectivity index (χ0) is 28.9. The number of carbonyl (C=O) groups excluding carboxylic acids is 2. The number of nitrogens with zero attached hydrogens (tertiary/aromatic N) is 1. The van der Waals surface area contributed by atoms with Gasteiger partial charge in [-0.25, -0.2) is 8.42 Å². The summed E-state index contributed by atoms with van der Waals surface area (Å²) in [6, 6.07) is 11.6. The molecular weight excluding hydrogens is 538 g/mol. The van der Waals surface area contributed by atoms with Crippen molar-refractivity contribution in [3.63, 3.8) is 0 Å². The first kappa shape index (κ1) is 29.4. The average molecular weight is 574 g/mol. The molecular formula is C28H35N3O8S. The summed E-state index contributed by atoms with van der Waals surface area (Å²) in [6.07, 6.45) is 0.623. The van der Waals surface area contributed by atoms with E-state index in [0.717, 1.165) is 5.39 Å². The average Bonchev–Trinajstić information content (AvgIpc) is 3.31. The van der Waals surface area contributed by atoms with Crippen LogP contribution in [-0.4, -0.2) is 75.1 Å². The van der Waals surface area contributed by atoms with Crippen LogP contribution in [0, 0.1) is 0 Å². The Morgan fingerprint density at radius 3 is 2.58 bits per heavy atom. The number of fused-ring (bicyclic) bond motifs is 1. The van der Waals surface area contributed by atoms with Gasteiger partial charge in [0.2, 0.25) is 15.9 Å². The van der Waals surface area contributed by atoms with Crippen molar-refractivity contribution in [1.29, 1.82) is 0 Å². The zero-order valence-corrected chi connectivity index (χ0v) is 23.6. The Morgan fingerprint density at radius 1 is 1.12 bits per heavy atom. The van der Waals surface area contributed by atoms with Crippen molar-refractivity contribution in [3.8, 4) is 11.5 Å². The van der Waals surface area contributed by atoms with Crippen LogP contribution in [0.5, 0.6) is 11.5 Å². The quantitative estimate of drug-likeness (QED) is 0.335. The Balaban J connectivity index is 1.43. The third kappa shape index (κ3) is 6.40. The summed E-state index contributed by atoms with van der Waals surface area (Å²) in [5, 5.41) is 17.3. The number of ether oxygens (including phenoxy) is 2. The molecule has 0 aliphatic carbocycles. The number of para-hydroxylation sites is 1. The molecule has 3 atom stereocenters. The number of furan rings is 1. The molecule has 40 heavy (non-hydrogen) atoms. The van der Waals surface area contributed by atoms with Crippen molar-refractivity contribution in [2.75, 3.05) is 27.3 Å². The first-order valence-corrected chi connectivity index (χ1v) is 14.6. The molecule has 3 N–H and O–H groups in total. The SMILES string of the molecule is CCC[C@H](NC(=O)c1cc2ccccc2o1)C(=O)NC1CCCN(S(=O)(=O)c2ccc(OC)c(OC)c2)CC1O. The molecule has 216 valence electrons. The van der Waals surface area contributed by atoms with Crippen LogP contribution in [0.15, 0.2) is 57.8 Å². The van der Waals surface area contributed by atoms with Gasteiger partial charge in [0.15, 0.2) is 17.3 Å². The number of aliphatic hydroxyl groups excluding tert-OH is 1. The van der Waals surface area contributed by atoms with Crippen molar-refractivity contribution < 1.29 is 37.0 Å². The lowest BCUT2D eigenvalue weighted by Gasteiger charge is -2.27. The lowest BCUT2D eigenvalue weighted by Crippen LogP contribution is -2.53. The molecule has 0 saturated carbocycles. The Morgan fingerprint density at radius 2 is 1.88 bits per heavy atom. The normalized spacial score (nSPS) is 19.0. The van der Waals surface area contributed by atoms with Gasteiger partial charge < -0.3 is 29.6 Å². The fourth-order valence-corrected chi connectivity index (χ4v) is 6.30. The number of aliphatic hydroxyl groups is 1. The number of β-amino-alcohol motifs (C(OH)–C–C–N with tert-alkyl or cyclic N) is 1. The summed E-state index contributed by atoms with van der Waals surface area (Å²) >= 11 is 0. The van der Waals surface area contributed by atoms with Crippen LogP contribution in [0.4, 0.5) is 0 Å². The molecule has 0 bridgehead atoms. The lowest BCUT2D eigenvalue weighted by atomic mass is 10.0. The number of carbonyl (C=O) groups is 2. The highest BCUT2D eigenvalue weighted by Gasteiger charge is 2.35. The number of nitrogens with one attached hydrogen (secondary N) is 2. The molecule has 11 nitrogen and oxygen atoms in total. The molecule has 0 radical (unpaired) electrons. The maximum absolute atomic E-state index is 13.4. The van der Waals surface area contributed by atoms with E-state index >= 15 is 0 Å². The van der Waals surface area contributed by atoms with Gasteiger partial charge in [0.1, 0.15) is 11.6 Å². The Kier molecular flexibility index (Phi) is 9.33. The van der Waals surface area contributed by atoms with Gasteiger partial charge in [-0.2, -0.15) is 4.31 Å². The second-order valence-electron chi connectivity index (χ2n) is 9.67. The molecule has 1 fully saturated rings. The second kappa shape index (κ2) is 12.7. The lowest BCUT2D eigenvalue weighted by molar-refractivity contribution is -0.124. The van der Waals surface area contributed by atoms with Crippen molar-refractivity contribution in [2.45, 2.75) is 55.7 Å². The van der Waals surface area contributed by atoms with E-state index in [-0.39, 0.29) is 29.5 Å². The van der Waals surface area contributed by atoms with Crippen LogP contribution >= 0.6 is 0 Å². The minimum atomic E-state index is -3.95. The summed E-state index contributed by atoms with van der Waals surface area (Å²) in [4.78, 5) is 26.1. The minimum Gasteiger partial charge on any atom is -0.493 e. The number of rotatable bonds is 10. The molecule has 1 aromatic heterocycles. The van der Waals surface area contributed by atoms with Crippen LogP contribution in [0.3, 0.4) is 0 Å². The standard InChI is InChI=1S/C28H35N3O8S/c1-4-8-21(30-28(34)26-15-18-9-5-6-11-23(18)39-26)27(33)29-20-10-7-14-31(17-22(20)32)40(35,36)19-12-13-24(37-2)25(16-19)38-3/h5-6,9,11-13,15-16,20-22,32H,4,7-8,10,14,17H2,1-3H3,(H,29,33)(H,30,34)/t20?,21-,22?/m0/s1. The van der Waals surface area contributed by atoms with Crippen molar-refractivity contribution in [1.82, 2.24) is 14.9 Å². The van der Waals surface area contributed by atoms with E-state index in [1.165, 1.54) is 36.7 Å². The summed E-state index contributed by atoms with van der Waals surface area (Å²) in [7, 11) is -1.07. The van der Waals surface area contributed by atoms with Crippen LogP contribution in [-0.2, 0) is 14.8 Å². The van der Waals surface area contributed by atoms with Crippen molar-refractivity contribution in [2.24, 2.45) is 0 Å². The summed E-state index contributed by atoms with van der Waals surface area (Å²) in [5.41, 5.74) is 0.568. The number of methoxy groups -OCH3 is 2. The minimum absolute atomic E-state index is 0.0103. The van der Waals surface area contributed by atoms with E-state index < -0.39 is 40.0 Å². The summed E-state index contributed by atoms with van der Waals surface area (Å²) < 4.78 is 44.0. The highest BCUT2D eigenvalue weighted by molar-refractivity contribution is 7.89. The van der Waals surface area contributed by atoms with E-state index in [2.05, 4.69) is 10.6 Å². The molecule has 3 aromatic rings. The van der Waals surface area contributed by atoms with Gasteiger partial charge in [-0.3, -0.25) is 9.59 Å². The molecule has 1 aliphatic rings. The highest BCUT2D eigenvalue weighted by Crippen LogP contribution is 2.31. The number of benzene rings is 2. The Hall–Kier alpha value is -3.61. The number of hydrogen-bond acceptors (Lipinski definition) is 8. The first-order valence-electron chi connectivity index (χ1n) is 13.2. The second-order valence-corrected chi connectivity index (χ2v) is 11.6. The van der Waals surface area contributed by atoms with E-state index in [4.69, 9.17) is 13.9 Å². The van der Waals surface area contributed by atoms with Crippen molar-refractivity contribution in [3.05, 3.63) is 54.3 Å². The van der Waals surface area contributed by atoms with Crippen LogP contribution in [0.2, 0.25) is 0 Å². The van der Waals surface area contributed by atoms with Gasteiger partial charge in [0.05, 0.1) is 31.3 Å². The summed E-state index contributed by atoms with van der Waals surface area (Å²) in [6.45, 7) is 1.86. The molecule has 2 unspecified atom stereocenters. The molecule has 1 saturated heterocycles. The Labute approximate surface area is 233 Å². The van der Waals surface area contributed by atoms with Gasteiger partial charge in [-0.05, 0) is 43.5 Å². The number of sulfonamides is 1. The molecule has 1 aliphatic heterocycles. The van der Waals surface area contributed by atoms with Gasteiger partial charge in [-0.15, -0.1) is 0 Å². The predicted molar refractivity (Wildman–Crippen MR) is 148 cm³/mol. The predicted octanol–water partition coefficient (Wildman–Crippen LogP) is 2.68. The van der Waals surface area contributed by atoms with E-state index in [1.54, 1.807) is 18.2 Å². The van der Waals surface area contributed by atoms with Gasteiger partial charge >= 0.3 is 0 Å². The van der Waals surface area contributed by atoms with Crippen molar-refractivity contribution >= 4 is 32.8 Å². The molecule has 4 rings (SSSR count). The van der Waals surface area contributed by atoms with E-state index in [9.17, 15) is 23.1 Å². The maximum atomic E-state index is 13.4. The van der Waals surface area contributed by atoms with Gasteiger partial charge in [0, 0.05) is 24.5 Å². The smallest absolute Gasteiger partial charge is 0.287 e. The Bertz CT molecular complexity index is 1420. The van der Waals surface area contributed by atoms with E-state index in [0.29, 0.717) is 37.0 Å². The third-order valence-electron chi connectivity index (χ3n) is 6.95. The van der Waals surface area contributed by atoms with E-state index in [1.807, 2.05) is 19.1 Å². The topological polar surface area (TPSA) is 147 Å². The molecule has 2 aromatic carbocycles. The molecule has 12 heteroatoms. The zero-order valence-electron chi connectivity index (χ0n) is 22.8. The maximum Gasteiger partial charge on any atom is 0.287 e. The highest BCUT2D eigenvalue weighted by atomic mass is 32.2. The monoisotopic (exact) mass is 573 g/mol. The first-order chi connectivity index (χ1) is 19.2. The van der Waals surface area contributed by atoms with Gasteiger partial charge in [-0.1, -0.05) is 31.5 Å². The largest absolute Gasteiger partial charge is 0.493 e. The summed E-state index contributed by atoms with van der Waals surface area (Å²) in [5.74, 6) is -0.199. The fraction of sp³-hybridized carbons (Fsp3) is 0.429. The fourth-order valence-electron chi connectivity index (χ4n) is 4.78. The molecule has 2 heterocycles. The number of hydrogen-bond donors (Lipinski definition) is 3. The third-order valence-corrected chi connectivity index (χ3v) is 8.81. The van der Waals surface area contributed by atoms with Crippen LogP contribution in [0.25, 0.3) is 11.0 Å². The van der Waals surface area contributed by atoms with Gasteiger partial charge in [0.25, 0.3) is 5.91 Å². The number of amides is 2. The molecule has 0 spiro atoms. The molecule has 2 amide bonds.